The molecule has 0 aliphatic heterocycles. The van der Waals surface area contributed by atoms with Crippen molar-refractivity contribution in [2.75, 3.05) is 0 Å². The lowest BCUT2D eigenvalue weighted by Gasteiger charge is -2.28. The summed E-state index contributed by atoms with van der Waals surface area (Å²) in [5, 5.41) is 20.6. The van der Waals surface area contributed by atoms with Gasteiger partial charge in [0.25, 0.3) is 0 Å². The van der Waals surface area contributed by atoms with Crippen LogP contribution in [0.1, 0.15) is 72.1 Å². The first-order chi connectivity index (χ1) is 9.84. The van der Waals surface area contributed by atoms with E-state index in [1.165, 1.54) is 0 Å². The zero-order chi connectivity index (χ0) is 17.3. The molecule has 2 N–H and O–H groups in total. The second-order valence-electron chi connectivity index (χ2n) is 8.56. The van der Waals surface area contributed by atoms with Crippen LogP contribution in [-0.4, -0.2) is 16.3 Å². The van der Waals surface area contributed by atoms with Gasteiger partial charge in [-0.05, 0) is 34.4 Å². The summed E-state index contributed by atoms with van der Waals surface area (Å²) in [6, 6.07) is 4.04. The van der Waals surface area contributed by atoms with Crippen LogP contribution in [0.25, 0.3) is 6.08 Å². The van der Waals surface area contributed by atoms with E-state index in [2.05, 4.69) is 41.5 Å². The normalized spacial score (nSPS) is 14.8. The molecule has 0 saturated heterocycles. The third kappa shape index (κ3) is 4.61. The van der Waals surface area contributed by atoms with E-state index >= 15 is 0 Å². The number of hydrogen-bond donors (Lipinski definition) is 2. The number of benzene rings is 1. The maximum atomic E-state index is 10.7. The zero-order valence-electron chi connectivity index (χ0n) is 15.4. The largest absolute Gasteiger partial charge is 0.507 e. The molecule has 1 aromatic rings. The highest BCUT2D eigenvalue weighted by Gasteiger charge is 2.26. The van der Waals surface area contributed by atoms with Crippen molar-refractivity contribution in [3.63, 3.8) is 0 Å². The Balaban J connectivity index is 3.42. The third-order valence-corrected chi connectivity index (χ3v) is 3.92. The highest BCUT2D eigenvalue weighted by molar-refractivity contribution is 5.59. The van der Waals surface area contributed by atoms with Crippen LogP contribution in [0.15, 0.2) is 18.2 Å². The second kappa shape index (κ2) is 6.45. The minimum Gasteiger partial charge on any atom is -0.507 e. The minimum atomic E-state index is -0.454. The lowest BCUT2D eigenvalue weighted by molar-refractivity contribution is 0.173. The van der Waals surface area contributed by atoms with E-state index in [0.29, 0.717) is 5.75 Å². The molecule has 0 aliphatic carbocycles. The van der Waals surface area contributed by atoms with E-state index in [4.69, 9.17) is 0 Å². The molecule has 0 radical (unpaired) electrons. The van der Waals surface area contributed by atoms with Crippen molar-refractivity contribution in [1.29, 1.82) is 0 Å². The summed E-state index contributed by atoms with van der Waals surface area (Å²) in [6.45, 7) is 16.6. The lowest BCUT2D eigenvalue weighted by Crippen LogP contribution is -2.17. The van der Waals surface area contributed by atoms with Crippen LogP contribution in [0.3, 0.4) is 0 Å². The molecular formula is C20H32O2. The number of phenolic OH excluding ortho intramolecular Hbond substituents is 1. The Morgan fingerprint density at radius 2 is 1.32 bits per heavy atom. The first-order valence-electron chi connectivity index (χ1n) is 8.08. The maximum absolute atomic E-state index is 10.7. The van der Waals surface area contributed by atoms with Crippen LogP contribution >= 0.6 is 0 Å². The minimum absolute atomic E-state index is 0.134. The summed E-state index contributed by atoms with van der Waals surface area (Å²) in [7, 11) is 0. The van der Waals surface area contributed by atoms with Crippen molar-refractivity contribution in [2.24, 2.45) is 5.92 Å². The molecule has 0 aliphatic rings. The number of hydrogen-bond acceptors (Lipinski definition) is 2. The van der Waals surface area contributed by atoms with Crippen molar-refractivity contribution in [3.8, 4) is 5.75 Å². The first-order valence-corrected chi connectivity index (χ1v) is 8.08. The van der Waals surface area contributed by atoms with Crippen LogP contribution < -0.4 is 0 Å². The zero-order valence-corrected chi connectivity index (χ0v) is 15.4. The molecule has 1 aromatic carbocycles. The summed E-state index contributed by atoms with van der Waals surface area (Å²) in [5.41, 5.74) is 2.64. The van der Waals surface area contributed by atoms with Gasteiger partial charge in [0.15, 0.2) is 0 Å². The van der Waals surface area contributed by atoms with Crippen LogP contribution in [-0.2, 0) is 10.8 Å². The molecule has 0 heterocycles. The van der Waals surface area contributed by atoms with Crippen molar-refractivity contribution in [2.45, 2.75) is 72.3 Å². The standard InChI is InChI=1S/C20H32O2/c1-13(2)17(21)10-9-14-11-15(19(3,4)5)18(22)16(12-14)20(6,7)8/h9-13,17,21-22H,1-8H3. The van der Waals surface area contributed by atoms with Crippen molar-refractivity contribution in [1.82, 2.24) is 0 Å². The van der Waals surface area contributed by atoms with E-state index in [9.17, 15) is 10.2 Å². The number of phenols is 1. The van der Waals surface area contributed by atoms with E-state index in [1.807, 2.05) is 38.1 Å². The molecule has 0 fully saturated rings. The number of rotatable bonds is 3. The fourth-order valence-corrected chi connectivity index (χ4v) is 2.33. The quantitative estimate of drug-likeness (QED) is 0.823. The van der Waals surface area contributed by atoms with E-state index < -0.39 is 6.10 Å². The smallest absolute Gasteiger partial charge is 0.123 e. The molecule has 1 atom stereocenters. The topological polar surface area (TPSA) is 40.5 Å². The number of aliphatic hydroxyl groups is 1. The Hall–Kier alpha value is -1.28. The lowest BCUT2D eigenvalue weighted by atomic mass is 9.78. The molecule has 1 unspecified atom stereocenters. The van der Waals surface area contributed by atoms with Gasteiger partial charge in [-0.15, -0.1) is 0 Å². The van der Waals surface area contributed by atoms with Gasteiger partial charge in [0, 0.05) is 11.1 Å². The molecule has 1 rings (SSSR count). The summed E-state index contributed by atoms with van der Waals surface area (Å²) >= 11 is 0. The van der Waals surface area contributed by atoms with Gasteiger partial charge in [-0.3, -0.25) is 0 Å². The summed E-state index contributed by atoms with van der Waals surface area (Å²) in [6.07, 6.45) is 3.33. The SMILES string of the molecule is CC(C)C(O)C=Cc1cc(C(C)(C)C)c(O)c(C(C)(C)C)c1. The van der Waals surface area contributed by atoms with Crippen LogP contribution in [0.2, 0.25) is 0 Å². The molecular weight excluding hydrogens is 272 g/mol. The van der Waals surface area contributed by atoms with E-state index in [-0.39, 0.29) is 16.7 Å². The number of aliphatic hydroxyl groups excluding tert-OH is 1. The summed E-state index contributed by atoms with van der Waals surface area (Å²) in [5.74, 6) is 0.582. The molecule has 0 aromatic heterocycles. The van der Waals surface area contributed by atoms with Crippen LogP contribution in [0.5, 0.6) is 5.75 Å². The summed E-state index contributed by atoms with van der Waals surface area (Å²) in [4.78, 5) is 0. The predicted molar refractivity (Wildman–Crippen MR) is 95.4 cm³/mol. The monoisotopic (exact) mass is 304 g/mol. The Morgan fingerprint density at radius 1 is 0.909 bits per heavy atom. The van der Waals surface area contributed by atoms with Gasteiger partial charge < -0.3 is 10.2 Å². The highest BCUT2D eigenvalue weighted by atomic mass is 16.3. The van der Waals surface area contributed by atoms with Crippen molar-refractivity contribution < 1.29 is 10.2 Å². The first kappa shape index (κ1) is 18.8. The molecule has 124 valence electrons. The Bertz CT molecular complexity index is 505. The molecule has 0 amide bonds. The van der Waals surface area contributed by atoms with Crippen molar-refractivity contribution >= 4 is 6.08 Å². The van der Waals surface area contributed by atoms with Crippen molar-refractivity contribution in [3.05, 3.63) is 34.9 Å². The predicted octanol–water partition coefficient (Wildman–Crippen LogP) is 5.02. The molecule has 2 heteroatoms. The van der Waals surface area contributed by atoms with Gasteiger partial charge in [0.05, 0.1) is 6.10 Å². The average molecular weight is 304 g/mol. The molecule has 22 heavy (non-hydrogen) atoms. The maximum Gasteiger partial charge on any atom is 0.123 e. The molecule has 0 saturated carbocycles. The van der Waals surface area contributed by atoms with Gasteiger partial charge in [-0.25, -0.2) is 0 Å². The average Bonchev–Trinajstić information content (AvgIpc) is 2.33. The molecule has 0 bridgehead atoms. The summed E-state index contributed by atoms with van der Waals surface area (Å²) < 4.78 is 0. The fraction of sp³-hybridized carbons (Fsp3) is 0.600. The molecule has 0 spiro atoms. The highest BCUT2D eigenvalue weighted by Crippen LogP contribution is 2.40. The molecule has 2 nitrogen and oxygen atoms in total. The van der Waals surface area contributed by atoms with Gasteiger partial charge in [-0.2, -0.15) is 0 Å². The Kier molecular flexibility index (Phi) is 5.51. The van der Waals surface area contributed by atoms with E-state index in [1.54, 1.807) is 0 Å². The van der Waals surface area contributed by atoms with Gasteiger partial charge in [0.1, 0.15) is 5.75 Å². The van der Waals surface area contributed by atoms with Crippen LogP contribution in [0, 0.1) is 5.92 Å². The van der Waals surface area contributed by atoms with E-state index in [0.717, 1.165) is 16.7 Å². The Labute approximate surface area is 135 Å². The Morgan fingerprint density at radius 3 is 1.64 bits per heavy atom. The third-order valence-electron chi connectivity index (χ3n) is 3.92. The van der Waals surface area contributed by atoms with Gasteiger partial charge >= 0.3 is 0 Å². The van der Waals surface area contributed by atoms with Gasteiger partial charge in [0.2, 0.25) is 0 Å². The fourth-order valence-electron chi connectivity index (χ4n) is 2.33. The number of aromatic hydroxyl groups is 1. The van der Waals surface area contributed by atoms with Gasteiger partial charge in [-0.1, -0.05) is 67.5 Å². The second-order valence-corrected chi connectivity index (χ2v) is 8.56. The van der Waals surface area contributed by atoms with Crippen LogP contribution in [0.4, 0.5) is 0 Å².